The Bertz CT molecular complexity index is 526. The summed E-state index contributed by atoms with van der Waals surface area (Å²) in [7, 11) is 0. The molecule has 0 spiro atoms. The average Bonchev–Trinajstić information content (AvgIpc) is 3.12. The Labute approximate surface area is 149 Å². The lowest BCUT2D eigenvalue weighted by Gasteiger charge is -2.40. The van der Waals surface area contributed by atoms with Gasteiger partial charge in [0, 0.05) is 23.0 Å². The molecule has 4 nitrogen and oxygen atoms in total. The number of hydrogen-bond acceptors (Lipinski definition) is 4. The molecule has 24 heavy (non-hydrogen) atoms. The number of rotatable bonds is 5. The summed E-state index contributed by atoms with van der Waals surface area (Å²) in [6, 6.07) is 5.63. The van der Waals surface area contributed by atoms with Gasteiger partial charge in [0.15, 0.2) is 0 Å². The number of amides is 1. The lowest BCUT2D eigenvalue weighted by atomic mass is 9.84. The number of alkyl carbamates (subject to hydrolysis) is 1. The van der Waals surface area contributed by atoms with Gasteiger partial charge in [0.2, 0.25) is 0 Å². The van der Waals surface area contributed by atoms with Gasteiger partial charge < -0.3 is 15.4 Å². The van der Waals surface area contributed by atoms with Gasteiger partial charge in [0.1, 0.15) is 5.60 Å². The number of thiophene rings is 1. The minimum Gasteiger partial charge on any atom is -0.444 e. The molecule has 2 aliphatic carbocycles. The van der Waals surface area contributed by atoms with Gasteiger partial charge in [0.25, 0.3) is 0 Å². The molecule has 1 unspecified atom stereocenters. The van der Waals surface area contributed by atoms with E-state index in [9.17, 15) is 4.79 Å². The van der Waals surface area contributed by atoms with Crippen LogP contribution in [0.3, 0.4) is 0 Å². The van der Waals surface area contributed by atoms with Crippen molar-refractivity contribution in [2.45, 2.75) is 83.0 Å². The van der Waals surface area contributed by atoms with E-state index in [4.69, 9.17) is 4.74 Å². The number of nitrogens with one attached hydrogen (secondary N) is 2. The Balaban J connectivity index is 1.47. The summed E-state index contributed by atoms with van der Waals surface area (Å²) in [5.41, 5.74) is -0.432. The van der Waals surface area contributed by atoms with Crippen LogP contribution in [0.4, 0.5) is 4.79 Å². The predicted octanol–water partition coefficient (Wildman–Crippen LogP) is 4.62. The molecule has 0 aromatic carbocycles. The van der Waals surface area contributed by atoms with Crippen LogP contribution in [-0.2, 0) is 4.74 Å². The second-order valence-electron chi connectivity index (χ2n) is 8.22. The first kappa shape index (κ1) is 17.7. The van der Waals surface area contributed by atoms with E-state index in [0.29, 0.717) is 12.1 Å². The molecule has 2 fully saturated rings. The normalized spacial score (nSPS) is 26.0. The largest absolute Gasteiger partial charge is 0.444 e. The molecule has 1 aromatic rings. The molecule has 5 heteroatoms. The van der Waals surface area contributed by atoms with Gasteiger partial charge in [-0.3, -0.25) is 0 Å². The van der Waals surface area contributed by atoms with Crippen LogP contribution in [-0.4, -0.2) is 23.8 Å². The van der Waals surface area contributed by atoms with E-state index in [1.54, 1.807) is 0 Å². The predicted molar refractivity (Wildman–Crippen MR) is 98.3 cm³/mol. The quantitative estimate of drug-likeness (QED) is 0.814. The highest BCUT2D eigenvalue weighted by molar-refractivity contribution is 7.10. The topological polar surface area (TPSA) is 50.4 Å². The highest BCUT2D eigenvalue weighted by atomic mass is 32.1. The fourth-order valence-corrected chi connectivity index (χ4v) is 4.69. The summed E-state index contributed by atoms with van der Waals surface area (Å²) in [5.74, 6) is 0.765. The van der Waals surface area contributed by atoms with Crippen LogP contribution in [0.2, 0.25) is 0 Å². The van der Waals surface area contributed by atoms with Crippen LogP contribution in [0.5, 0.6) is 0 Å². The molecule has 0 bridgehead atoms. The van der Waals surface area contributed by atoms with E-state index in [1.807, 2.05) is 32.1 Å². The van der Waals surface area contributed by atoms with Crippen molar-refractivity contribution in [2.75, 3.05) is 0 Å². The van der Waals surface area contributed by atoms with Gasteiger partial charge in [-0.2, -0.15) is 0 Å². The third-order valence-corrected chi connectivity index (χ3v) is 5.95. The zero-order valence-electron chi connectivity index (χ0n) is 15.0. The van der Waals surface area contributed by atoms with Crippen LogP contribution >= 0.6 is 11.3 Å². The van der Waals surface area contributed by atoms with E-state index in [2.05, 4.69) is 28.1 Å². The molecule has 1 aromatic heterocycles. The molecule has 2 N–H and O–H groups in total. The number of ether oxygens (including phenoxy) is 1. The second kappa shape index (κ2) is 7.44. The average molecular weight is 351 g/mol. The Morgan fingerprint density at radius 3 is 2.54 bits per heavy atom. The van der Waals surface area contributed by atoms with Gasteiger partial charge in [-0.05, 0) is 63.8 Å². The zero-order chi connectivity index (χ0) is 17.2. The smallest absolute Gasteiger partial charge is 0.407 e. The lowest BCUT2D eigenvalue weighted by Crippen LogP contribution is -2.54. The van der Waals surface area contributed by atoms with Crippen molar-refractivity contribution in [1.29, 1.82) is 0 Å². The fourth-order valence-electron chi connectivity index (χ4n) is 3.81. The molecule has 1 atom stereocenters. The van der Waals surface area contributed by atoms with Crippen molar-refractivity contribution in [3.8, 4) is 0 Å². The van der Waals surface area contributed by atoms with Gasteiger partial charge >= 0.3 is 6.09 Å². The van der Waals surface area contributed by atoms with Crippen LogP contribution in [0.1, 0.15) is 70.2 Å². The highest BCUT2D eigenvalue weighted by Crippen LogP contribution is 2.39. The molecular formula is C19H30N2O2S. The molecule has 1 heterocycles. The molecular weight excluding hydrogens is 320 g/mol. The van der Waals surface area contributed by atoms with Crippen molar-refractivity contribution in [2.24, 2.45) is 5.92 Å². The summed E-state index contributed by atoms with van der Waals surface area (Å²) in [6.07, 6.45) is 7.09. The molecule has 3 rings (SSSR count). The first-order chi connectivity index (χ1) is 11.4. The highest BCUT2D eigenvalue weighted by Gasteiger charge is 2.36. The SMILES string of the molecule is CC(C)(C)OC(=O)NC1CC(NC(c2cccs2)C2CCCC2)C1. The monoisotopic (exact) mass is 350 g/mol. The maximum Gasteiger partial charge on any atom is 0.407 e. The summed E-state index contributed by atoms with van der Waals surface area (Å²) < 4.78 is 5.33. The van der Waals surface area contributed by atoms with Gasteiger partial charge in [-0.15, -0.1) is 11.3 Å². The Morgan fingerprint density at radius 1 is 1.25 bits per heavy atom. The third kappa shape index (κ3) is 4.73. The van der Waals surface area contributed by atoms with E-state index < -0.39 is 5.60 Å². The van der Waals surface area contributed by atoms with Crippen molar-refractivity contribution in [3.05, 3.63) is 22.4 Å². The summed E-state index contributed by atoms with van der Waals surface area (Å²) >= 11 is 1.86. The van der Waals surface area contributed by atoms with E-state index >= 15 is 0 Å². The maximum absolute atomic E-state index is 11.8. The maximum atomic E-state index is 11.8. The van der Waals surface area contributed by atoms with Crippen LogP contribution < -0.4 is 10.6 Å². The second-order valence-corrected chi connectivity index (χ2v) is 9.20. The summed E-state index contributed by atoms with van der Waals surface area (Å²) in [6.45, 7) is 5.68. The van der Waals surface area contributed by atoms with Crippen LogP contribution in [0.25, 0.3) is 0 Å². The Kier molecular flexibility index (Phi) is 5.50. The Morgan fingerprint density at radius 2 is 1.96 bits per heavy atom. The van der Waals surface area contributed by atoms with Crippen LogP contribution in [0, 0.1) is 5.92 Å². The number of carbonyl (C=O) groups excluding carboxylic acids is 1. The van der Waals surface area contributed by atoms with Crippen molar-refractivity contribution in [3.63, 3.8) is 0 Å². The molecule has 2 aliphatic rings. The minimum atomic E-state index is -0.432. The molecule has 0 radical (unpaired) electrons. The first-order valence-electron chi connectivity index (χ1n) is 9.20. The molecule has 2 saturated carbocycles. The van der Waals surface area contributed by atoms with E-state index in [1.165, 1.54) is 30.6 Å². The molecule has 0 saturated heterocycles. The van der Waals surface area contributed by atoms with E-state index in [0.717, 1.165) is 18.8 Å². The van der Waals surface area contributed by atoms with Crippen LogP contribution in [0.15, 0.2) is 17.5 Å². The number of hydrogen-bond donors (Lipinski definition) is 2. The lowest BCUT2D eigenvalue weighted by molar-refractivity contribution is 0.0460. The van der Waals surface area contributed by atoms with Crippen molar-refractivity contribution >= 4 is 17.4 Å². The van der Waals surface area contributed by atoms with Crippen molar-refractivity contribution < 1.29 is 9.53 Å². The van der Waals surface area contributed by atoms with Gasteiger partial charge in [-0.25, -0.2) is 4.79 Å². The minimum absolute atomic E-state index is 0.241. The Hall–Kier alpha value is -1.07. The number of carbonyl (C=O) groups is 1. The van der Waals surface area contributed by atoms with Gasteiger partial charge in [0.05, 0.1) is 0 Å². The molecule has 1 amide bonds. The van der Waals surface area contributed by atoms with Crippen molar-refractivity contribution in [1.82, 2.24) is 10.6 Å². The third-order valence-electron chi connectivity index (χ3n) is 5.00. The van der Waals surface area contributed by atoms with E-state index in [-0.39, 0.29) is 12.1 Å². The zero-order valence-corrected chi connectivity index (χ0v) is 15.8. The van der Waals surface area contributed by atoms with Gasteiger partial charge in [-0.1, -0.05) is 18.9 Å². The standard InChI is InChI=1S/C19H30N2O2S/c1-19(2,3)23-18(22)21-15-11-14(12-15)20-17(13-7-4-5-8-13)16-9-6-10-24-16/h6,9-10,13-15,17,20H,4-5,7-8,11-12H2,1-3H3,(H,21,22). The first-order valence-corrected chi connectivity index (χ1v) is 10.1. The molecule has 134 valence electrons. The summed E-state index contributed by atoms with van der Waals surface area (Å²) in [5, 5.41) is 9.02. The molecule has 0 aliphatic heterocycles. The fraction of sp³-hybridized carbons (Fsp3) is 0.737. The summed E-state index contributed by atoms with van der Waals surface area (Å²) in [4.78, 5) is 13.3.